The highest BCUT2D eigenvalue weighted by molar-refractivity contribution is 6.28. The fraction of sp³-hybridized carbons (Fsp3) is 0. The molecule has 0 radical (unpaired) electrons. The molecule has 8 aromatic rings. The molecule has 0 amide bonds. The van der Waals surface area contributed by atoms with Gasteiger partial charge in [-0.25, -0.2) is 4.85 Å². The minimum Gasteiger partial charge on any atom is -0.310 e. The Morgan fingerprint density at radius 3 is 1.39 bits per heavy atom. The van der Waals surface area contributed by atoms with Crippen LogP contribution in [0.3, 0.4) is 0 Å². The second-order valence-corrected chi connectivity index (χ2v) is 10.5. The quantitative estimate of drug-likeness (QED) is 0.141. The van der Waals surface area contributed by atoms with Crippen molar-refractivity contribution < 1.29 is 13.7 Å². The Hall–Kier alpha value is -6.62. The van der Waals surface area contributed by atoms with E-state index in [1.165, 1.54) is 0 Å². The van der Waals surface area contributed by atoms with E-state index >= 15 is 0 Å². The van der Waals surface area contributed by atoms with Crippen LogP contribution >= 0.6 is 0 Å². The molecule has 0 spiro atoms. The highest BCUT2D eigenvalue weighted by atomic mass is 15.1. The van der Waals surface area contributed by atoms with Gasteiger partial charge in [0, 0.05) is 33.5 Å². The molecule has 0 aliphatic heterocycles. The molecule has 46 heavy (non-hydrogen) atoms. The summed E-state index contributed by atoms with van der Waals surface area (Å²) < 4.78 is 86.2. The van der Waals surface area contributed by atoms with Gasteiger partial charge in [0.15, 0.2) is 5.69 Å². The molecule has 0 N–H and O–H groups in total. The van der Waals surface area contributed by atoms with Crippen LogP contribution in [0.5, 0.6) is 0 Å². The van der Waals surface area contributed by atoms with Gasteiger partial charge in [-0.1, -0.05) is 84.8 Å². The number of hydrogen-bond acceptors (Lipinski definition) is 3. The van der Waals surface area contributed by atoms with Crippen LogP contribution in [-0.4, -0.2) is 0 Å². The number of anilines is 6. The van der Waals surface area contributed by atoms with Crippen molar-refractivity contribution in [3.63, 3.8) is 0 Å². The van der Waals surface area contributed by atoms with Crippen LogP contribution in [-0.2, 0) is 0 Å². The highest BCUT2D eigenvalue weighted by Gasteiger charge is 2.21. The SMILES string of the molecule is [2H]c1c([2H])c([2H])c(N(c2ccc(C#N)cc2)c2ccc3ccc4c(N(c5ccc([N+]#[C-])cc5)c5c([2H])c([2H])c([2H])c([2H])c5[2H])ccc5ccc2c3c54)c([2H])c1[2H]. The summed E-state index contributed by atoms with van der Waals surface area (Å²) in [5.41, 5.74) is 2.50. The average Bonchev–Trinajstić information content (AvgIpc) is 3.23. The van der Waals surface area contributed by atoms with E-state index < -0.39 is 60.4 Å². The Labute approximate surface area is 281 Å². The van der Waals surface area contributed by atoms with Crippen LogP contribution in [0, 0.1) is 17.9 Å². The second-order valence-electron chi connectivity index (χ2n) is 10.5. The molecule has 0 heterocycles. The first kappa shape index (κ1) is 18.2. The Kier molecular flexibility index (Phi) is 4.42. The van der Waals surface area contributed by atoms with Crippen molar-refractivity contribution in [2.45, 2.75) is 0 Å². The van der Waals surface area contributed by atoms with E-state index in [4.69, 9.17) is 20.3 Å². The predicted octanol–water partition coefficient (Wildman–Crippen LogP) is 11.9. The summed E-state index contributed by atoms with van der Waals surface area (Å²) in [6.45, 7) is 7.47. The topological polar surface area (TPSA) is 34.6 Å². The lowest BCUT2D eigenvalue weighted by Crippen LogP contribution is -2.11. The Morgan fingerprint density at radius 2 is 0.957 bits per heavy atom. The molecule has 0 bridgehead atoms. The molecule has 214 valence electrons. The van der Waals surface area contributed by atoms with E-state index in [0.717, 1.165) is 21.5 Å². The van der Waals surface area contributed by atoms with E-state index in [1.807, 2.05) is 48.5 Å². The molecule has 0 atom stereocenters. The summed E-state index contributed by atoms with van der Waals surface area (Å²) >= 11 is 0. The molecular formula is C42H26N4. The van der Waals surface area contributed by atoms with Crippen molar-refractivity contribution in [1.82, 2.24) is 0 Å². The number of nitrogens with zero attached hydrogens (tertiary/aromatic N) is 4. The zero-order chi connectivity index (χ0) is 39.7. The maximum atomic E-state index is 9.53. The first-order valence-corrected chi connectivity index (χ1v) is 14.3. The van der Waals surface area contributed by atoms with Crippen LogP contribution in [0.1, 0.15) is 19.3 Å². The van der Waals surface area contributed by atoms with Gasteiger partial charge in [-0.15, -0.1) is 0 Å². The van der Waals surface area contributed by atoms with Gasteiger partial charge in [0.25, 0.3) is 0 Å². The van der Waals surface area contributed by atoms with E-state index in [9.17, 15) is 5.26 Å². The van der Waals surface area contributed by atoms with Crippen molar-refractivity contribution in [1.29, 1.82) is 5.26 Å². The minimum atomic E-state index is -0.529. The van der Waals surface area contributed by atoms with Gasteiger partial charge in [0.05, 0.1) is 43.3 Å². The first-order valence-electron chi connectivity index (χ1n) is 19.3. The van der Waals surface area contributed by atoms with Crippen molar-refractivity contribution in [2.75, 3.05) is 9.80 Å². The molecule has 4 heteroatoms. The third-order valence-electron chi connectivity index (χ3n) is 8.01. The lowest BCUT2D eigenvalue weighted by molar-refractivity contribution is 1.29. The Bertz CT molecular complexity index is 2750. The van der Waals surface area contributed by atoms with E-state index in [2.05, 4.69) is 10.9 Å². The van der Waals surface area contributed by atoms with E-state index in [-0.39, 0.29) is 11.4 Å². The largest absolute Gasteiger partial charge is 0.310 e. The van der Waals surface area contributed by atoms with Gasteiger partial charge in [0.2, 0.25) is 0 Å². The van der Waals surface area contributed by atoms with Crippen LogP contribution in [0.2, 0.25) is 0 Å². The normalized spacial score (nSPS) is 14.0. The van der Waals surface area contributed by atoms with Gasteiger partial charge < -0.3 is 9.80 Å². The number of benzene rings is 8. The molecule has 4 nitrogen and oxygen atoms in total. The molecule has 8 rings (SSSR count). The summed E-state index contributed by atoms with van der Waals surface area (Å²) in [7, 11) is 0. The number of rotatable bonds is 6. The summed E-state index contributed by atoms with van der Waals surface area (Å²) in [5, 5.41) is 14.1. The molecular weight excluding hydrogens is 560 g/mol. The zero-order valence-electron chi connectivity index (χ0n) is 34.0. The van der Waals surface area contributed by atoms with Gasteiger partial charge in [-0.05, 0) is 94.2 Å². The zero-order valence-corrected chi connectivity index (χ0v) is 24.0. The summed E-state index contributed by atoms with van der Waals surface area (Å²) in [5.74, 6) is 0. The fourth-order valence-electron chi connectivity index (χ4n) is 6.01. The monoisotopic (exact) mass is 596 g/mol. The third kappa shape index (κ3) is 4.46. The van der Waals surface area contributed by atoms with Crippen molar-refractivity contribution in [3.8, 4) is 6.07 Å². The Morgan fingerprint density at radius 1 is 0.522 bits per heavy atom. The lowest BCUT2D eigenvalue weighted by Gasteiger charge is -2.29. The molecule has 0 aliphatic carbocycles. The molecule has 8 aromatic carbocycles. The number of para-hydroxylation sites is 2. The van der Waals surface area contributed by atoms with Crippen LogP contribution in [0.25, 0.3) is 37.2 Å². The van der Waals surface area contributed by atoms with Crippen molar-refractivity contribution in [3.05, 3.63) is 174 Å². The van der Waals surface area contributed by atoms with Crippen molar-refractivity contribution >= 4 is 72.1 Å². The standard InChI is InChI=1S/C42H26N4/c1-44-32-18-22-36(23-19-32)46(34-10-6-3-7-11-34)40-27-17-31-14-24-37-39(26-16-30-15-25-38(40)42(31)41(30)37)45(33-8-4-2-5-9-33)35-20-12-29(28-43)13-21-35/h2-27H/i2D,3D,4D,5D,6D,7D,8D,9D,10D,11D. The van der Waals surface area contributed by atoms with Gasteiger partial charge >= 0.3 is 0 Å². The molecule has 0 unspecified atom stereocenters. The predicted molar refractivity (Wildman–Crippen MR) is 190 cm³/mol. The molecule has 0 saturated heterocycles. The van der Waals surface area contributed by atoms with Gasteiger partial charge in [-0.3, -0.25) is 0 Å². The smallest absolute Gasteiger partial charge is 0.187 e. The number of nitriles is 1. The van der Waals surface area contributed by atoms with Crippen LogP contribution < -0.4 is 9.80 Å². The fourth-order valence-corrected chi connectivity index (χ4v) is 6.01. The maximum absolute atomic E-state index is 9.53. The molecule has 0 fully saturated rings. The van der Waals surface area contributed by atoms with Crippen LogP contribution in [0.15, 0.2) is 157 Å². The third-order valence-corrected chi connectivity index (χ3v) is 8.01. The second kappa shape index (κ2) is 11.1. The minimum absolute atomic E-state index is 0.0736. The van der Waals surface area contributed by atoms with E-state index in [1.54, 1.807) is 58.3 Å². The summed E-state index contributed by atoms with van der Waals surface area (Å²) in [6.07, 6.45) is 0. The highest BCUT2D eigenvalue weighted by Crippen LogP contribution is 2.47. The Balaban J connectivity index is 1.46. The first-order chi connectivity index (χ1) is 26.9. The number of hydrogen-bond donors (Lipinski definition) is 0. The molecule has 0 aliphatic rings. The summed E-state index contributed by atoms with van der Waals surface area (Å²) in [4.78, 5) is 6.71. The maximum Gasteiger partial charge on any atom is 0.187 e. The molecule has 0 aromatic heterocycles. The van der Waals surface area contributed by atoms with Crippen molar-refractivity contribution in [2.24, 2.45) is 0 Å². The summed E-state index contributed by atoms with van der Waals surface area (Å²) in [6, 6.07) is 25.5. The average molecular weight is 597 g/mol. The van der Waals surface area contributed by atoms with Gasteiger partial charge in [0.1, 0.15) is 0 Å². The van der Waals surface area contributed by atoms with E-state index in [0.29, 0.717) is 44.8 Å². The van der Waals surface area contributed by atoms with Gasteiger partial charge in [-0.2, -0.15) is 5.26 Å². The van der Waals surface area contributed by atoms with Crippen LogP contribution in [0.4, 0.5) is 39.8 Å². The molecule has 0 saturated carbocycles. The lowest BCUT2D eigenvalue weighted by atomic mass is 9.91.